The van der Waals surface area contributed by atoms with E-state index in [2.05, 4.69) is 10.3 Å². The first-order valence-electron chi connectivity index (χ1n) is 9.84. The van der Waals surface area contributed by atoms with Crippen molar-refractivity contribution in [3.8, 4) is 0 Å². The van der Waals surface area contributed by atoms with E-state index in [1.165, 1.54) is 4.31 Å². The standard InChI is InChI=1S/C19H24ClN5O3S/c1-14-16(20)5-4-6-18(14)29(27,28)24-11-7-15(8-12-24)25-13-17(21-22-25)19(26)23-9-2-3-10-23/h4-6,13,15H,2-3,7-12H2,1H3. The highest BCUT2D eigenvalue weighted by atomic mass is 35.5. The molecule has 0 radical (unpaired) electrons. The Kier molecular flexibility index (Phi) is 5.63. The molecule has 2 fully saturated rings. The summed E-state index contributed by atoms with van der Waals surface area (Å²) in [5.74, 6) is -0.0785. The summed E-state index contributed by atoms with van der Waals surface area (Å²) >= 11 is 6.10. The lowest BCUT2D eigenvalue weighted by molar-refractivity contribution is 0.0787. The molecular formula is C19H24ClN5O3S. The monoisotopic (exact) mass is 437 g/mol. The second-order valence-corrected chi connectivity index (χ2v) is 9.89. The number of carbonyl (C=O) groups excluding carboxylic acids is 1. The van der Waals surface area contributed by atoms with Crippen LogP contribution < -0.4 is 0 Å². The second-order valence-electron chi connectivity index (χ2n) is 7.58. The molecule has 3 heterocycles. The summed E-state index contributed by atoms with van der Waals surface area (Å²) in [6.07, 6.45) is 4.97. The number of amides is 1. The lowest BCUT2D eigenvalue weighted by Crippen LogP contribution is -2.39. The summed E-state index contributed by atoms with van der Waals surface area (Å²) in [6, 6.07) is 4.96. The predicted octanol–water partition coefficient (Wildman–Crippen LogP) is 2.50. The molecule has 0 saturated carbocycles. The minimum Gasteiger partial charge on any atom is -0.337 e. The Morgan fingerprint density at radius 2 is 1.83 bits per heavy atom. The molecule has 1 aromatic heterocycles. The lowest BCUT2D eigenvalue weighted by Gasteiger charge is -2.31. The zero-order valence-corrected chi connectivity index (χ0v) is 17.9. The maximum Gasteiger partial charge on any atom is 0.276 e. The molecule has 2 aliphatic rings. The van der Waals surface area contributed by atoms with Gasteiger partial charge in [0.1, 0.15) is 0 Å². The van der Waals surface area contributed by atoms with Crippen molar-refractivity contribution >= 4 is 27.5 Å². The Morgan fingerprint density at radius 3 is 2.52 bits per heavy atom. The van der Waals surface area contributed by atoms with Gasteiger partial charge in [-0.15, -0.1) is 5.10 Å². The maximum absolute atomic E-state index is 13.0. The van der Waals surface area contributed by atoms with Gasteiger partial charge in [0.2, 0.25) is 10.0 Å². The number of sulfonamides is 1. The topological polar surface area (TPSA) is 88.4 Å². The number of halogens is 1. The van der Waals surface area contributed by atoms with E-state index in [0.717, 1.165) is 25.9 Å². The van der Waals surface area contributed by atoms with Crippen LogP contribution in [0.1, 0.15) is 47.8 Å². The summed E-state index contributed by atoms with van der Waals surface area (Å²) in [7, 11) is -3.60. The van der Waals surface area contributed by atoms with Gasteiger partial charge < -0.3 is 4.90 Å². The Labute approximate surface area is 175 Å². The van der Waals surface area contributed by atoms with Crippen molar-refractivity contribution < 1.29 is 13.2 Å². The number of likely N-dealkylation sites (tertiary alicyclic amines) is 1. The molecule has 0 aliphatic carbocycles. The molecule has 0 spiro atoms. The van der Waals surface area contributed by atoms with E-state index < -0.39 is 10.0 Å². The van der Waals surface area contributed by atoms with Crippen LogP contribution in [0.15, 0.2) is 29.3 Å². The van der Waals surface area contributed by atoms with Crippen molar-refractivity contribution in [3.05, 3.63) is 40.7 Å². The molecule has 0 unspecified atom stereocenters. The van der Waals surface area contributed by atoms with Crippen molar-refractivity contribution in [1.82, 2.24) is 24.2 Å². The largest absolute Gasteiger partial charge is 0.337 e. The number of hydrogen-bond acceptors (Lipinski definition) is 5. The van der Waals surface area contributed by atoms with Crippen molar-refractivity contribution in [2.75, 3.05) is 26.2 Å². The molecule has 2 aromatic rings. The average Bonchev–Trinajstić information content (AvgIpc) is 3.42. The quantitative estimate of drug-likeness (QED) is 0.733. The lowest BCUT2D eigenvalue weighted by atomic mass is 10.1. The third-order valence-corrected chi connectivity index (χ3v) is 8.21. The first-order chi connectivity index (χ1) is 13.9. The van der Waals surface area contributed by atoms with Gasteiger partial charge in [0, 0.05) is 31.2 Å². The number of piperidine rings is 1. The molecule has 0 N–H and O–H groups in total. The fourth-order valence-electron chi connectivity index (χ4n) is 3.99. The van der Waals surface area contributed by atoms with Gasteiger partial charge in [-0.25, -0.2) is 13.1 Å². The average molecular weight is 438 g/mol. The van der Waals surface area contributed by atoms with Crippen molar-refractivity contribution in [1.29, 1.82) is 0 Å². The predicted molar refractivity (Wildman–Crippen MR) is 108 cm³/mol. The van der Waals surface area contributed by atoms with Crippen LogP contribution >= 0.6 is 11.6 Å². The van der Waals surface area contributed by atoms with Crippen LogP contribution in [-0.2, 0) is 10.0 Å². The summed E-state index contributed by atoms with van der Waals surface area (Å²) in [4.78, 5) is 14.5. The fourth-order valence-corrected chi connectivity index (χ4v) is 5.94. The van der Waals surface area contributed by atoms with E-state index in [4.69, 9.17) is 11.6 Å². The Morgan fingerprint density at radius 1 is 1.14 bits per heavy atom. The van der Waals surface area contributed by atoms with Gasteiger partial charge in [0.05, 0.1) is 17.1 Å². The molecule has 1 amide bonds. The van der Waals surface area contributed by atoms with Gasteiger partial charge in [-0.3, -0.25) is 4.79 Å². The van der Waals surface area contributed by atoms with Gasteiger partial charge in [-0.05, 0) is 50.3 Å². The number of aromatic nitrogens is 3. The zero-order chi connectivity index (χ0) is 20.6. The first-order valence-corrected chi connectivity index (χ1v) is 11.7. The Bertz CT molecular complexity index is 1010. The molecule has 10 heteroatoms. The van der Waals surface area contributed by atoms with Crippen LogP contribution in [0.4, 0.5) is 0 Å². The first kappa shape index (κ1) is 20.3. The molecule has 2 saturated heterocycles. The minimum atomic E-state index is -3.60. The summed E-state index contributed by atoms with van der Waals surface area (Å²) in [6.45, 7) is 4.02. The third kappa shape index (κ3) is 3.91. The third-order valence-electron chi connectivity index (χ3n) is 5.76. The molecule has 156 valence electrons. The molecule has 0 atom stereocenters. The van der Waals surface area contributed by atoms with Gasteiger partial charge >= 0.3 is 0 Å². The van der Waals surface area contributed by atoms with E-state index in [9.17, 15) is 13.2 Å². The van der Waals surface area contributed by atoms with Gasteiger partial charge in [-0.1, -0.05) is 22.9 Å². The van der Waals surface area contributed by atoms with Crippen LogP contribution in [-0.4, -0.2) is 64.7 Å². The summed E-state index contributed by atoms with van der Waals surface area (Å²) in [5.41, 5.74) is 0.925. The van der Waals surface area contributed by atoms with E-state index in [1.54, 1.807) is 40.9 Å². The van der Waals surface area contributed by atoms with Crippen LogP contribution in [0.5, 0.6) is 0 Å². The number of benzene rings is 1. The fraction of sp³-hybridized carbons (Fsp3) is 0.526. The van der Waals surface area contributed by atoms with Crippen molar-refractivity contribution in [2.24, 2.45) is 0 Å². The molecule has 29 heavy (non-hydrogen) atoms. The number of nitrogens with zero attached hydrogens (tertiary/aromatic N) is 5. The normalized spacial score (nSPS) is 19.0. The molecule has 0 bridgehead atoms. The van der Waals surface area contributed by atoms with E-state index in [0.29, 0.717) is 42.2 Å². The van der Waals surface area contributed by atoms with Crippen LogP contribution in [0.3, 0.4) is 0 Å². The second kappa shape index (κ2) is 8.04. The highest BCUT2D eigenvalue weighted by Crippen LogP contribution is 2.30. The van der Waals surface area contributed by atoms with E-state index >= 15 is 0 Å². The van der Waals surface area contributed by atoms with E-state index in [1.807, 2.05) is 0 Å². The zero-order valence-electron chi connectivity index (χ0n) is 16.3. The SMILES string of the molecule is Cc1c(Cl)cccc1S(=O)(=O)N1CCC(n2cc(C(=O)N3CCCC3)nn2)CC1. The minimum absolute atomic E-state index is 0.0227. The number of rotatable bonds is 4. The number of hydrogen-bond donors (Lipinski definition) is 0. The van der Waals surface area contributed by atoms with Crippen LogP contribution in [0.25, 0.3) is 0 Å². The van der Waals surface area contributed by atoms with Crippen molar-refractivity contribution in [3.63, 3.8) is 0 Å². The van der Waals surface area contributed by atoms with Crippen molar-refractivity contribution in [2.45, 2.75) is 43.5 Å². The highest BCUT2D eigenvalue weighted by Gasteiger charge is 2.32. The van der Waals surface area contributed by atoms with Gasteiger partial charge in [0.15, 0.2) is 5.69 Å². The maximum atomic E-state index is 13.0. The highest BCUT2D eigenvalue weighted by molar-refractivity contribution is 7.89. The molecule has 1 aromatic carbocycles. The smallest absolute Gasteiger partial charge is 0.276 e. The Hall–Kier alpha value is -1.97. The molecule has 2 aliphatic heterocycles. The van der Waals surface area contributed by atoms with E-state index in [-0.39, 0.29) is 16.8 Å². The molecule has 4 rings (SSSR count). The van der Waals surface area contributed by atoms with Gasteiger partial charge in [0.25, 0.3) is 5.91 Å². The summed E-state index contributed by atoms with van der Waals surface area (Å²) < 4.78 is 29.3. The molecular weight excluding hydrogens is 414 g/mol. The Balaban J connectivity index is 1.43. The van der Waals surface area contributed by atoms with Crippen LogP contribution in [0, 0.1) is 6.92 Å². The number of carbonyl (C=O) groups is 1. The van der Waals surface area contributed by atoms with Gasteiger partial charge in [-0.2, -0.15) is 4.31 Å². The molecule has 8 nitrogen and oxygen atoms in total. The summed E-state index contributed by atoms with van der Waals surface area (Å²) in [5, 5.41) is 8.63. The van der Waals surface area contributed by atoms with Crippen LogP contribution in [0.2, 0.25) is 5.02 Å².